The monoisotopic (exact) mass is 304 g/mol. The molecule has 1 heterocycles. The van der Waals surface area contributed by atoms with E-state index < -0.39 is 5.60 Å². The minimum atomic E-state index is -0.962. The molecule has 0 aromatic heterocycles. The van der Waals surface area contributed by atoms with Crippen molar-refractivity contribution in [3.05, 3.63) is 35.4 Å². The highest BCUT2D eigenvalue weighted by atomic mass is 16.5. The zero-order valence-corrected chi connectivity index (χ0v) is 12.8. The van der Waals surface area contributed by atoms with Gasteiger partial charge >= 0.3 is 6.03 Å². The topological polar surface area (TPSA) is 70.6 Å². The maximum Gasteiger partial charge on any atom is 0.314 e. The lowest BCUT2D eigenvalue weighted by Crippen LogP contribution is -2.47. The third kappa shape index (κ3) is 3.42. The van der Waals surface area contributed by atoms with Gasteiger partial charge in [0.05, 0.1) is 12.6 Å². The normalized spacial score (nSPS) is 27.2. The molecule has 1 aromatic rings. The zero-order valence-electron chi connectivity index (χ0n) is 12.8. The highest BCUT2D eigenvalue weighted by molar-refractivity contribution is 5.74. The second-order valence-corrected chi connectivity index (χ2v) is 6.24. The number of carbonyl (C=O) groups is 1. The van der Waals surface area contributed by atoms with Gasteiger partial charge in [-0.05, 0) is 43.2 Å². The largest absolute Gasteiger partial charge is 0.383 e. The van der Waals surface area contributed by atoms with Crippen molar-refractivity contribution >= 4 is 6.03 Å². The molecule has 1 fully saturated rings. The molecule has 0 radical (unpaired) electrons. The minimum absolute atomic E-state index is 0.129. The molecule has 0 spiro atoms. The highest BCUT2D eigenvalue weighted by Crippen LogP contribution is 2.34. The summed E-state index contributed by atoms with van der Waals surface area (Å²) >= 11 is 0. The lowest BCUT2D eigenvalue weighted by atomic mass is 9.79. The highest BCUT2D eigenvalue weighted by Gasteiger charge is 2.34. The maximum atomic E-state index is 11.9. The first kappa shape index (κ1) is 15.3. The smallest absolute Gasteiger partial charge is 0.314 e. The van der Waals surface area contributed by atoms with Crippen LogP contribution < -0.4 is 10.6 Å². The molecule has 3 rings (SSSR count). The summed E-state index contributed by atoms with van der Waals surface area (Å²) in [4.78, 5) is 11.9. The van der Waals surface area contributed by atoms with Gasteiger partial charge in [-0.15, -0.1) is 0 Å². The summed E-state index contributed by atoms with van der Waals surface area (Å²) in [5.41, 5.74) is 1.16. The number of fused-ring (bicyclic) bond motifs is 1. The van der Waals surface area contributed by atoms with E-state index in [1.54, 1.807) is 0 Å². The Hall–Kier alpha value is -1.59. The van der Waals surface area contributed by atoms with Gasteiger partial charge in [-0.3, -0.25) is 0 Å². The van der Waals surface area contributed by atoms with Crippen LogP contribution in [0.4, 0.5) is 4.79 Å². The van der Waals surface area contributed by atoms with Crippen molar-refractivity contribution in [1.29, 1.82) is 0 Å². The first-order valence-corrected chi connectivity index (χ1v) is 8.11. The molecule has 5 nitrogen and oxygen atoms in total. The van der Waals surface area contributed by atoms with E-state index in [9.17, 15) is 9.90 Å². The van der Waals surface area contributed by atoms with Crippen LogP contribution in [-0.2, 0) is 16.8 Å². The quantitative estimate of drug-likeness (QED) is 0.793. The third-order valence-electron chi connectivity index (χ3n) is 4.61. The summed E-state index contributed by atoms with van der Waals surface area (Å²) in [6.45, 7) is 1.55. The number of aliphatic hydroxyl groups is 1. The van der Waals surface area contributed by atoms with Crippen LogP contribution in [0.3, 0.4) is 0 Å². The molecule has 2 amide bonds. The lowest BCUT2D eigenvalue weighted by Gasteiger charge is -2.34. The first-order chi connectivity index (χ1) is 10.7. The SMILES string of the molecule is O=C(NCC1CCCO1)NCC1(O)CCCc2ccccc21. The minimum Gasteiger partial charge on any atom is -0.383 e. The zero-order chi connectivity index (χ0) is 15.4. The molecule has 1 aliphatic heterocycles. The van der Waals surface area contributed by atoms with Gasteiger partial charge in [0.2, 0.25) is 0 Å². The Bertz CT molecular complexity index is 528. The molecule has 120 valence electrons. The van der Waals surface area contributed by atoms with Crippen LogP contribution in [0, 0.1) is 0 Å². The molecule has 0 bridgehead atoms. The number of ether oxygens (including phenoxy) is 1. The van der Waals surface area contributed by atoms with Crippen LogP contribution >= 0.6 is 0 Å². The fourth-order valence-electron chi connectivity index (χ4n) is 3.38. The molecule has 1 aliphatic carbocycles. The number of hydrogen-bond donors (Lipinski definition) is 3. The molecule has 1 aromatic carbocycles. The van der Waals surface area contributed by atoms with Crippen LogP contribution in [0.2, 0.25) is 0 Å². The van der Waals surface area contributed by atoms with Crippen molar-refractivity contribution in [2.45, 2.75) is 43.8 Å². The van der Waals surface area contributed by atoms with Crippen LogP contribution in [0.1, 0.15) is 36.8 Å². The van der Waals surface area contributed by atoms with Gasteiger partial charge in [0.1, 0.15) is 5.60 Å². The Morgan fingerprint density at radius 3 is 3.00 bits per heavy atom. The van der Waals surface area contributed by atoms with Crippen LogP contribution in [0.15, 0.2) is 24.3 Å². The Morgan fingerprint density at radius 2 is 2.18 bits per heavy atom. The van der Waals surface area contributed by atoms with E-state index >= 15 is 0 Å². The average Bonchev–Trinajstić information content (AvgIpc) is 3.05. The van der Waals surface area contributed by atoms with Crippen molar-refractivity contribution in [2.24, 2.45) is 0 Å². The van der Waals surface area contributed by atoms with Crippen LogP contribution in [-0.4, -0.2) is 36.9 Å². The molecular weight excluding hydrogens is 280 g/mol. The third-order valence-corrected chi connectivity index (χ3v) is 4.61. The van der Waals surface area contributed by atoms with Gasteiger partial charge in [-0.25, -0.2) is 4.79 Å². The predicted molar refractivity (Wildman–Crippen MR) is 83.7 cm³/mol. The van der Waals surface area contributed by atoms with E-state index in [1.807, 2.05) is 18.2 Å². The molecule has 3 N–H and O–H groups in total. The van der Waals surface area contributed by atoms with Crippen molar-refractivity contribution in [3.63, 3.8) is 0 Å². The maximum absolute atomic E-state index is 11.9. The molecule has 2 aliphatic rings. The van der Waals surface area contributed by atoms with E-state index in [-0.39, 0.29) is 18.7 Å². The summed E-state index contributed by atoms with van der Waals surface area (Å²) in [5.74, 6) is 0. The second kappa shape index (κ2) is 6.67. The van der Waals surface area contributed by atoms with Gasteiger partial charge in [0.15, 0.2) is 0 Å². The molecule has 22 heavy (non-hydrogen) atoms. The fraction of sp³-hybridized carbons (Fsp3) is 0.588. The molecule has 5 heteroatoms. The predicted octanol–water partition coefficient (Wildman–Crippen LogP) is 1.69. The number of nitrogens with one attached hydrogen (secondary N) is 2. The van der Waals surface area contributed by atoms with Crippen molar-refractivity contribution < 1.29 is 14.6 Å². The van der Waals surface area contributed by atoms with Gasteiger partial charge < -0.3 is 20.5 Å². The summed E-state index contributed by atoms with van der Waals surface area (Å²) in [7, 11) is 0. The summed E-state index contributed by atoms with van der Waals surface area (Å²) < 4.78 is 5.47. The van der Waals surface area contributed by atoms with E-state index in [0.717, 1.165) is 37.9 Å². The van der Waals surface area contributed by atoms with Gasteiger partial charge in [0.25, 0.3) is 0 Å². The number of urea groups is 1. The van der Waals surface area contributed by atoms with Gasteiger partial charge in [0, 0.05) is 13.2 Å². The van der Waals surface area contributed by atoms with E-state index in [2.05, 4.69) is 16.7 Å². The fourth-order valence-corrected chi connectivity index (χ4v) is 3.38. The Balaban J connectivity index is 1.53. The molecule has 0 saturated carbocycles. The van der Waals surface area contributed by atoms with Crippen molar-refractivity contribution in [1.82, 2.24) is 10.6 Å². The summed E-state index contributed by atoms with van der Waals surface area (Å²) in [6, 6.07) is 7.70. The van der Waals surface area contributed by atoms with Gasteiger partial charge in [-0.2, -0.15) is 0 Å². The molecular formula is C17H24N2O3. The van der Waals surface area contributed by atoms with Crippen molar-refractivity contribution in [2.75, 3.05) is 19.7 Å². The van der Waals surface area contributed by atoms with Crippen LogP contribution in [0.25, 0.3) is 0 Å². The number of carbonyl (C=O) groups excluding carboxylic acids is 1. The molecule has 2 unspecified atom stereocenters. The summed E-state index contributed by atoms with van der Waals surface area (Å²) in [6.07, 6.45) is 4.79. The van der Waals surface area contributed by atoms with E-state index in [0.29, 0.717) is 13.0 Å². The number of amides is 2. The Labute approximate surface area is 131 Å². The standard InChI is InChI=1S/C17H24N2O3/c20-16(18-11-14-7-4-10-22-14)19-12-17(21)9-3-6-13-5-1-2-8-15(13)17/h1-2,5,8,14,21H,3-4,6-7,9-12H2,(H2,18,19,20). The average molecular weight is 304 g/mol. The lowest BCUT2D eigenvalue weighted by molar-refractivity contribution is 0.0215. The second-order valence-electron chi connectivity index (χ2n) is 6.24. The van der Waals surface area contributed by atoms with Crippen LogP contribution in [0.5, 0.6) is 0 Å². The molecule has 1 saturated heterocycles. The first-order valence-electron chi connectivity index (χ1n) is 8.11. The van der Waals surface area contributed by atoms with E-state index in [4.69, 9.17) is 4.74 Å². The number of hydrogen-bond acceptors (Lipinski definition) is 3. The Kier molecular flexibility index (Phi) is 4.64. The number of benzene rings is 1. The van der Waals surface area contributed by atoms with Gasteiger partial charge in [-0.1, -0.05) is 24.3 Å². The van der Waals surface area contributed by atoms with E-state index in [1.165, 1.54) is 5.56 Å². The van der Waals surface area contributed by atoms with Crippen molar-refractivity contribution in [3.8, 4) is 0 Å². The summed E-state index contributed by atoms with van der Waals surface area (Å²) in [5, 5.41) is 16.5. The Morgan fingerprint density at radius 1 is 1.32 bits per heavy atom. The number of rotatable bonds is 4. The number of aryl methyl sites for hydroxylation is 1. The molecule has 2 atom stereocenters.